The number of rotatable bonds is 5. The maximum atomic E-state index is 13.7. The van der Waals surface area contributed by atoms with E-state index in [2.05, 4.69) is 21.2 Å². The number of nitrogens with zero attached hydrogens (tertiary/aromatic N) is 1. The number of thioether (sulfide) groups is 1. The monoisotopic (exact) mass is 466 g/mol. The van der Waals surface area contributed by atoms with E-state index in [0.717, 1.165) is 11.0 Å². The van der Waals surface area contributed by atoms with Gasteiger partial charge in [0.1, 0.15) is 11.6 Å². The molecule has 0 atom stereocenters. The van der Waals surface area contributed by atoms with Crippen LogP contribution in [0.2, 0.25) is 0 Å². The smallest absolute Gasteiger partial charge is 0.293 e. The van der Waals surface area contributed by atoms with Gasteiger partial charge in [0.05, 0.1) is 9.38 Å². The molecule has 5 nitrogen and oxygen atoms in total. The second-order valence-corrected chi connectivity index (χ2v) is 7.59. The molecular formula is C19H13BrF2N2O3S. The van der Waals surface area contributed by atoms with Gasteiger partial charge in [-0.25, -0.2) is 8.78 Å². The van der Waals surface area contributed by atoms with Gasteiger partial charge in [0.25, 0.3) is 17.1 Å². The van der Waals surface area contributed by atoms with E-state index in [9.17, 15) is 23.2 Å². The Balaban J connectivity index is 1.61. The van der Waals surface area contributed by atoms with Crippen molar-refractivity contribution in [3.8, 4) is 0 Å². The minimum atomic E-state index is -0.572. The second-order valence-electron chi connectivity index (χ2n) is 5.74. The van der Waals surface area contributed by atoms with Crippen molar-refractivity contribution in [1.29, 1.82) is 0 Å². The number of carbonyl (C=O) groups is 3. The third-order valence-corrected chi connectivity index (χ3v) is 5.42. The van der Waals surface area contributed by atoms with Crippen LogP contribution in [-0.2, 0) is 4.79 Å². The molecule has 144 valence electrons. The summed E-state index contributed by atoms with van der Waals surface area (Å²) < 4.78 is 27.5. The van der Waals surface area contributed by atoms with Gasteiger partial charge in [-0.15, -0.1) is 0 Å². The molecular weight excluding hydrogens is 454 g/mol. The summed E-state index contributed by atoms with van der Waals surface area (Å²) in [5.41, 5.74) is 0.327. The lowest BCUT2D eigenvalue weighted by Crippen LogP contribution is -2.37. The standard InChI is InChI=1S/C19H13BrF2N2O3S/c20-13-6-5-12(9-15(13)22)17(25)23-7-8-24-18(26)16(28-19(24)27)10-11-3-1-2-4-14(11)21/h1-6,9-10H,7-8H2,(H,23,25)/b16-10-. The molecule has 0 bridgehead atoms. The summed E-state index contributed by atoms with van der Waals surface area (Å²) in [6.45, 7) is -0.0500. The van der Waals surface area contributed by atoms with Crippen molar-refractivity contribution in [1.82, 2.24) is 10.2 Å². The third kappa shape index (κ3) is 4.48. The highest BCUT2D eigenvalue weighted by atomic mass is 79.9. The van der Waals surface area contributed by atoms with Crippen LogP contribution in [0.4, 0.5) is 13.6 Å². The maximum absolute atomic E-state index is 13.7. The fourth-order valence-corrected chi connectivity index (χ4v) is 3.55. The first-order chi connectivity index (χ1) is 13.4. The molecule has 1 aliphatic heterocycles. The second kappa shape index (κ2) is 8.66. The first-order valence-corrected chi connectivity index (χ1v) is 9.71. The van der Waals surface area contributed by atoms with Gasteiger partial charge in [-0.2, -0.15) is 0 Å². The van der Waals surface area contributed by atoms with Crippen molar-refractivity contribution in [3.63, 3.8) is 0 Å². The van der Waals surface area contributed by atoms with Crippen LogP contribution in [0.15, 0.2) is 51.8 Å². The topological polar surface area (TPSA) is 66.5 Å². The third-order valence-electron chi connectivity index (χ3n) is 3.87. The first kappa shape index (κ1) is 20.2. The van der Waals surface area contributed by atoms with Crippen molar-refractivity contribution in [3.05, 3.63) is 74.6 Å². The lowest BCUT2D eigenvalue weighted by atomic mass is 10.2. The highest BCUT2D eigenvalue weighted by Gasteiger charge is 2.34. The van der Waals surface area contributed by atoms with Gasteiger partial charge in [-0.1, -0.05) is 18.2 Å². The lowest BCUT2D eigenvalue weighted by Gasteiger charge is -2.13. The molecule has 1 saturated heterocycles. The van der Waals surface area contributed by atoms with Crippen LogP contribution in [0.3, 0.4) is 0 Å². The molecule has 1 heterocycles. The number of hydrogen-bond acceptors (Lipinski definition) is 4. The molecule has 3 amide bonds. The van der Waals surface area contributed by atoms with Crippen LogP contribution in [0, 0.1) is 11.6 Å². The van der Waals surface area contributed by atoms with Crippen LogP contribution in [-0.4, -0.2) is 35.0 Å². The molecule has 9 heteroatoms. The van der Waals surface area contributed by atoms with E-state index in [-0.39, 0.29) is 33.6 Å². The fraction of sp³-hybridized carbons (Fsp3) is 0.105. The normalized spacial score (nSPS) is 15.4. The van der Waals surface area contributed by atoms with Crippen molar-refractivity contribution in [2.75, 3.05) is 13.1 Å². The summed E-state index contributed by atoms with van der Waals surface area (Å²) in [6, 6.07) is 9.85. The Kier molecular flexibility index (Phi) is 6.25. The molecule has 3 rings (SSSR count). The molecule has 0 unspecified atom stereocenters. The molecule has 0 aromatic heterocycles. The zero-order chi connectivity index (χ0) is 20.3. The Labute approximate surface area is 171 Å². The molecule has 0 saturated carbocycles. The van der Waals surface area contributed by atoms with Gasteiger partial charge in [-0.3, -0.25) is 19.3 Å². The average molecular weight is 467 g/mol. The van der Waals surface area contributed by atoms with E-state index in [1.807, 2.05) is 0 Å². The van der Waals surface area contributed by atoms with Gasteiger partial charge in [0.15, 0.2) is 0 Å². The molecule has 2 aromatic rings. The summed E-state index contributed by atoms with van der Waals surface area (Å²) in [6.07, 6.45) is 1.32. The predicted octanol–water partition coefficient (Wildman–Crippen LogP) is 4.19. The summed E-state index contributed by atoms with van der Waals surface area (Å²) in [4.78, 5) is 37.6. The van der Waals surface area contributed by atoms with Crippen LogP contribution in [0.25, 0.3) is 6.08 Å². The van der Waals surface area contributed by atoms with E-state index in [4.69, 9.17) is 0 Å². The highest BCUT2D eigenvalue weighted by molar-refractivity contribution is 9.10. The van der Waals surface area contributed by atoms with E-state index < -0.39 is 28.7 Å². The fourth-order valence-electron chi connectivity index (χ4n) is 2.45. The van der Waals surface area contributed by atoms with Gasteiger partial charge in [0.2, 0.25) is 0 Å². The number of amides is 3. The number of carbonyl (C=O) groups excluding carboxylic acids is 3. The first-order valence-electron chi connectivity index (χ1n) is 8.10. The van der Waals surface area contributed by atoms with E-state index in [1.165, 1.54) is 36.4 Å². The molecule has 0 radical (unpaired) electrons. The zero-order valence-electron chi connectivity index (χ0n) is 14.2. The molecule has 0 aliphatic carbocycles. The van der Waals surface area contributed by atoms with E-state index >= 15 is 0 Å². The number of halogens is 3. The maximum Gasteiger partial charge on any atom is 0.293 e. The molecule has 1 fully saturated rings. The van der Waals surface area contributed by atoms with Crippen molar-refractivity contribution in [2.24, 2.45) is 0 Å². The summed E-state index contributed by atoms with van der Waals surface area (Å²) in [7, 11) is 0. The molecule has 0 spiro atoms. The Bertz CT molecular complexity index is 997. The number of benzene rings is 2. The van der Waals surface area contributed by atoms with Gasteiger partial charge in [-0.05, 0) is 58.0 Å². The Hall–Kier alpha value is -2.52. The molecule has 1 aliphatic rings. The SMILES string of the molecule is O=C(NCCN1C(=O)S/C(=C\c2ccccc2F)C1=O)c1ccc(Br)c(F)c1. The predicted molar refractivity (Wildman–Crippen MR) is 106 cm³/mol. The van der Waals surface area contributed by atoms with Crippen molar-refractivity contribution in [2.45, 2.75) is 0 Å². The largest absolute Gasteiger partial charge is 0.350 e. The Morgan fingerprint density at radius 3 is 2.61 bits per heavy atom. The van der Waals surface area contributed by atoms with Gasteiger partial charge >= 0.3 is 0 Å². The average Bonchev–Trinajstić information content (AvgIpc) is 2.93. The highest BCUT2D eigenvalue weighted by Crippen LogP contribution is 2.32. The van der Waals surface area contributed by atoms with Crippen LogP contribution in [0.5, 0.6) is 0 Å². The minimum absolute atomic E-state index is 0.00152. The number of imide groups is 1. The Morgan fingerprint density at radius 1 is 1.14 bits per heavy atom. The Morgan fingerprint density at radius 2 is 1.89 bits per heavy atom. The molecule has 1 N–H and O–H groups in total. The lowest BCUT2D eigenvalue weighted by molar-refractivity contribution is -0.122. The van der Waals surface area contributed by atoms with Crippen LogP contribution < -0.4 is 5.32 Å². The summed E-state index contributed by atoms with van der Waals surface area (Å²) in [5, 5.41) is 2.03. The molecule has 28 heavy (non-hydrogen) atoms. The zero-order valence-corrected chi connectivity index (χ0v) is 16.6. The quantitative estimate of drug-likeness (QED) is 0.670. The van der Waals surface area contributed by atoms with Crippen LogP contribution >= 0.6 is 27.7 Å². The van der Waals surface area contributed by atoms with Crippen molar-refractivity contribution >= 4 is 50.8 Å². The number of hydrogen-bond donors (Lipinski definition) is 1. The molecule has 2 aromatic carbocycles. The van der Waals surface area contributed by atoms with Crippen molar-refractivity contribution < 1.29 is 23.2 Å². The van der Waals surface area contributed by atoms with Crippen LogP contribution in [0.1, 0.15) is 15.9 Å². The van der Waals surface area contributed by atoms with Gasteiger partial charge < -0.3 is 5.32 Å². The van der Waals surface area contributed by atoms with E-state index in [1.54, 1.807) is 6.07 Å². The summed E-state index contributed by atoms with van der Waals surface area (Å²) >= 11 is 3.71. The summed E-state index contributed by atoms with van der Waals surface area (Å²) in [5.74, 6) is -2.15. The van der Waals surface area contributed by atoms with E-state index in [0.29, 0.717) is 11.8 Å². The minimum Gasteiger partial charge on any atom is -0.350 e. The number of nitrogens with one attached hydrogen (secondary N) is 1. The van der Waals surface area contributed by atoms with Gasteiger partial charge in [0, 0.05) is 24.2 Å².